The second-order valence-corrected chi connectivity index (χ2v) is 6.71. The lowest BCUT2D eigenvalue weighted by Crippen LogP contribution is -2.33. The number of ether oxygens (including phenoxy) is 1. The van der Waals surface area contributed by atoms with E-state index in [1.165, 1.54) is 24.0 Å². The summed E-state index contributed by atoms with van der Waals surface area (Å²) in [5.41, 5.74) is 2.52. The van der Waals surface area contributed by atoms with Gasteiger partial charge in [-0.25, -0.2) is 14.2 Å². The van der Waals surface area contributed by atoms with Crippen LogP contribution in [0.5, 0.6) is 0 Å². The molecule has 0 unspecified atom stereocenters. The number of fused-ring (bicyclic) bond motifs is 1. The quantitative estimate of drug-likeness (QED) is 0.679. The highest BCUT2D eigenvalue weighted by Crippen LogP contribution is 2.23. The van der Waals surface area contributed by atoms with Gasteiger partial charge >= 0.3 is 6.09 Å². The van der Waals surface area contributed by atoms with Gasteiger partial charge in [-0.15, -0.1) is 0 Å². The van der Waals surface area contributed by atoms with E-state index in [2.05, 4.69) is 27.1 Å². The summed E-state index contributed by atoms with van der Waals surface area (Å²) in [4.78, 5) is 33.0. The Morgan fingerprint density at radius 2 is 2.13 bits per heavy atom. The second-order valence-electron chi connectivity index (χ2n) is 6.71. The van der Waals surface area contributed by atoms with E-state index in [-0.39, 0.29) is 24.6 Å². The highest BCUT2D eigenvalue weighted by Gasteiger charge is 2.32. The van der Waals surface area contributed by atoms with Gasteiger partial charge < -0.3 is 10.1 Å². The van der Waals surface area contributed by atoms with E-state index >= 15 is 0 Å². The maximum Gasteiger partial charge on any atom is 0.414 e. The normalized spacial score (nSPS) is 15.5. The Morgan fingerprint density at radius 3 is 2.93 bits per heavy atom. The van der Waals surface area contributed by atoms with E-state index in [1.54, 1.807) is 24.4 Å². The Morgan fingerprint density at radius 1 is 1.27 bits per heavy atom. The number of rotatable bonds is 3. The minimum absolute atomic E-state index is 0.189. The SMILES string of the molecule is CC(=O)NC[C@H]1CN(c2ccc(C#Cc3ccc4ncccc4n3)c(F)c2)C(=O)O1. The molecule has 3 heterocycles. The van der Waals surface area contributed by atoms with Gasteiger partial charge in [0.15, 0.2) is 0 Å². The van der Waals surface area contributed by atoms with Gasteiger partial charge in [-0.05, 0) is 48.4 Å². The fourth-order valence-electron chi connectivity index (χ4n) is 3.03. The fraction of sp³-hybridized carbons (Fsp3) is 0.182. The molecule has 1 atom stereocenters. The zero-order chi connectivity index (χ0) is 21.1. The van der Waals surface area contributed by atoms with Gasteiger partial charge in [-0.1, -0.05) is 5.92 Å². The molecule has 0 saturated carbocycles. The number of amides is 2. The van der Waals surface area contributed by atoms with Gasteiger partial charge in [-0.2, -0.15) is 0 Å². The van der Waals surface area contributed by atoms with Crippen LogP contribution >= 0.6 is 0 Å². The molecular formula is C22H17FN4O3. The standard InChI is InChI=1S/C22H17FN4O3/c1-14(28)25-12-18-13-27(22(29)30-18)17-8-5-15(19(23)11-17)4-6-16-7-9-20-21(26-16)3-2-10-24-20/h2-3,5,7-11,18H,12-13H2,1H3,(H,25,28)/t18-/m0/s1. The molecule has 1 aromatic carbocycles. The van der Waals surface area contributed by atoms with Gasteiger partial charge in [0, 0.05) is 13.1 Å². The molecule has 2 amide bonds. The lowest BCUT2D eigenvalue weighted by atomic mass is 10.1. The van der Waals surface area contributed by atoms with Gasteiger partial charge in [0.1, 0.15) is 17.6 Å². The van der Waals surface area contributed by atoms with Crippen molar-refractivity contribution in [2.45, 2.75) is 13.0 Å². The van der Waals surface area contributed by atoms with E-state index in [0.29, 0.717) is 16.9 Å². The Hall–Kier alpha value is -3.99. The minimum atomic E-state index is -0.586. The van der Waals surface area contributed by atoms with Crippen molar-refractivity contribution in [3.05, 3.63) is 65.7 Å². The molecule has 1 saturated heterocycles. The molecule has 1 N–H and O–H groups in total. The number of benzene rings is 1. The Bertz CT molecular complexity index is 1200. The summed E-state index contributed by atoms with van der Waals surface area (Å²) in [5, 5.41) is 2.60. The highest BCUT2D eigenvalue weighted by molar-refractivity contribution is 5.90. The molecule has 1 aliphatic heterocycles. The summed E-state index contributed by atoms with van der Waals surface area (Å²) in [6.07, 6.45) is 0.611. The molecule has 0 radical (unpaired) electrons. The number of nitrogens with one attached hydrogen (secondary N) is 1. The maximum absolute atomic E-state index is 14.6. The molecule has 4 rings (SSSR count). The van der Waals surface area contributed by atoms with Gasteiger partial charge in [0.25, 0.3) is 0 Å². The van der Waals surface area contributed by atoms with Crippen LogP contribution in [-0.2, 0) is 9.53 Å². The number of hydrogen-bond acceptors (Lipinski definition) is 5. The summed E-state index contributed by atoms with van der Waals surface area (Å²) in [6, 6.07) is 11.5. The summed E-state index contributed by atoms with van der Waals surface area (Å²) in [6.45, 7) is 1.81. The smallest absolute Gasteiger partial charge is 0.414 e. The van der Waals surface area contributed by atoms with Gasteiger partial charge in [-0.3, -0.25) is 14.7 Å². The zero-order valence-electron chi connectivity index (χ0n) is 16.1. The van der Waals surface area contributed by atoms with Crippen LogP contribution < -0.4 is 10.2 Å². The molecule has 0 aliphatic carbocycles. The number of hydrogen-bond donors (Lipinski definition) is 1. The first-order chi connectivity index (χ1) is 14.5. The molecular weight excluding hydrogens is 387 g/mol. The summed E-state index contributed by atoms with van der Waals surface area (Å²) in [7, 11) is 0. The van der Waals surface area contributed by atoms with Crippen molar-refractivity contribution in [2.75, 3.05) is 18.0 Å². The summed E-state index contributed by atoms with van der Waals surface area (Å²) >= 11 is 0. The molecule has 0 spiro atoms. The van der Waals surface area contributed by atoms with Crippen LogP contribution in [0.3, 0.4) is 0 Å². The second kappa shape index (κ2) is 8.17. The molecule has 1 fully saturated rings. The molecule has 150 valence electrons. The van der Waals surface area contributed by atoms with Crippen LogP contribution in [0.2, 0.25) is 0 Å². The number of aromatic nitrogens is 2. The first kappa shape index (κ1) is 19.3. The lowest BCUT2D eigenvalue weighted by Gasteiger charge is -2.13. The molecule has 8 heteroatoms. The van der Waals surface area contributed by atoms with E-state index < -0.39 is 18.0 Å². The predicted molar refractivity (Wildman–Crippen MR) is 108 cm³/mol. The third kappa shape index (κ3) is 4.20. The largest absolute Gasteiger partial charge is 0.442 e. The van der Waals surface area contributed by atoms with Crippen molar-refractivity contribution in [1.82, 2.24) is 15.3 Å². The van der Waals surface area contributed by atoms with Gasteiger partial charge in [0.05, 0.1) is 35.4 Å². The van der Waals surface area contributed by atoms with Gasteiger partial charge in [0.2, 0.25) is 5.91 Å². The molecule has 2 aromatic heterocycles. The monoisotopic (exact) mass is 404 g/mol. The predicted octanol–water partition coefficient (Wildman–Crippen LogP) is 2.63. The van der Waals surface area contributed by atoms with Crippen molar-refractivity contribution in [3.8, 4) is 11.8 Å². The topological polar surface area (TPSA) is 84.4 Å². The minimum Gasteiger partial charge on any atom is -0.442 e. The van der Waals surface area contributed by atoms with Crippen molar-refractivity contribution in [3.63, 3.8) is 0 Å². The Balaban J connectivity index is 1.50. The summed E-state index contributed by atoms with van der Waals surface area (Å²) < 4.78 is 19.8. The number of cyclic esters (lactones) is 1. The third-order valence-electron chi connectivity index (χ3n) is 4.50. The van der Waals surface area contributed by atoms with E-state index in [0.717, 1.165) is 5.52 Å². The van der Waals surface area contributed by atoms with Crippen LogP contribution in [0.25, 0.3) is 11.0 Å². The van der Waals surface area contributed by atoms with Crippen molar-refractivity contribution < 1.29 is 18.7 Å². The lowest BCUT2D eigenvalue weighted by molar-refractivity contribution is -0.119. The number of halogens is 1. The van der Waals surface area contributed by atoms with Crippen LogP contribution in [0.1, 0.15) is 18.2 Å². The Labute approximate surface area is 171 Å². The molecule has 3 aromatic rings. The number of carbonyl (C=O) groups is 2. The van der Waals surface area contributed by atoms with Crippen molar-refractivity contribution in [1.29, 1.82) is 0 Å². The van der Waals surface area contributed by atoms with Crippen LogP contribution in [0.4, 0.5) is 14.9 Å². The average Bonchev–Trinajstić information content (AvgIpc) is 3.11. The van der Waals surface area contributed by atoms with Crippen LogP contribution in [0.15, 0.2) is 48.7 Å². The molecule has 7 nitrogen and oxygen atoms in total. The first-order valence-electron chi connectivity index (χ1n) is 9.25. The average molecular weight is 404 g/mol. The van der Waals surface area contributed by atoms with Crippen molar-refractivity contribution in [2.24, 2.45) is 0 Å². The molecule has 0 bridgehead atoms. The van der Waals surface area contributed by atoms with E-state index in [9.17, 15) is 14.0 Å². The van der Waals surface area contributed by atoms with Crippen LogP contribution in [0, 0.1) is 17.7 Å². The van der Waals surface area contributed by atoms with Crippen LogP contribution in [-0.4, -0.2) is 41.2 Å². The first-order valence-corrected chi connectivity index (χ1v) is 9.25. The zero-order valence-corrected chi connectivity index (χ0v) is 16.1. The number of anilines is 1. The molecule has 30 heavy (non-hydrogen) atoms. The maximum atomic E-state index is 14.6. The van der Waals surface area contributed by atoms with Crippen molar-refractivity contribution >= 4 is 28.7 Å². The number of pyridine rings is 2. The third-order valence-corrected chi connectivity index (χ3v) is 4.50. The Kier molecular flexibility index (Phi) is 5.26. The molecule has 1 aliphatic rings. The highest BCUT2D eigenvalue weighted by atomic mass is 19.1. The number of carbonyl (C=O) groups excluding carboxylic acids is 2. The number of nitrogens with zero attached hydrogens (tertiary/aromatic N) is 3. The summed E-state index contributed by atoms with van der Waals surface area (Å²) in [5.74, 6) is 4.86. The van der Waals surface area contributed by atoms with E-state index in [4.69, 9.17) is 4.74 Å². The fourth-order valence-corrected chi connectivity index (χ4v) is 3.03. The van der Waals surface area contributed by atoms with E-state index in [1.807, 2.05) is 12.1 Å².